The van der Waals surface area contributed by atoms with Crippen LogP contribution >= 0.6 is 0 Å². The first-order valence-corrected chi connectivity index (χ1v) is 9.68. The van der Waals surface area contributed by atoms with Gasteiger partial charge in [0.2, 0.25) is 0 Å². The fraction of sp³-hybridized carbons (Fsp3) is 0.304. The van der Waals surface area contributed by atoms with Gasteiger partial charge in [-0.1, -0.05) is 30.7 Å². The van der Waals surface area contributed by atoms with Gasteiger partial charge in [0.05, 0.1) is 0 Å². The highest BCUT2D eigenvalue weighted by Gasteiger charge is 2.22. The molecule has 0 spiro atoms. The van der Waals surface area contributed by atoms with Gasteiger partial charge in [0.1, 0.15) is 11.5 Å². The molecule has 2 unspecified atom stereocenters. The molecule has 2 aromatic carbocycles. The number of aromatic nitrogens is 1. The van der Waals surface area contributed by atoms with Crippen molar-refractivity contribution >= 4 is 10.9 Å². The molecule has 4 heteroatoms. The molecule has 1 aromatic heterocycles. The fourth-order valence-electron chi connectivity index (χ4n) is 4.11. The first-order chi connectivity index (χ1) is 13.2. The van der Waals surface area contributed by atoms with Gasteiger partial charge in [0.25, 0.3) is 0 Å². The van der Waals surface area contributed by atoms with Crippen LogP contribution in [0.2, 0.25) is 0 Å². The van der Waals surface area contributed by atoms with Crippen molar-refractivity contribution in [1.82, 2.24) is 10.3 Å². The maximum atomic E-state index is 9.79. The van der Waals surface area contributed by atoms with E-state index in [0.717, 1.165) is 48.7 Å². The number of rotatable bonds is 6. The number of H-pyrrole nitrogens is 1. The standard InChI is InChI=1S/C23H26N2O2/c26-18-7-3-6-16(13-18)20-8-4-12-24-22(20)9-2-1-5-17-15-25-23-11-10-19(27)14-21(17)23/h3-4,6-8,10-11,13-15,20,22,24-27H,1-2,5,9,12H2. The van der Waals surface area contributed by atoms with Crippen LogP contribution in [-0.4, -0.2) is 27.8 Å². The zero-order chi connectivity index (χ0) is 18.6. The van der Waals surface area contributed by atoms with Crippen LogP contribution in [0.5, 0.6) is 11.5 Å². The minimum atomic E-state index is 0.302. The van der Waals surface area contributed by atoms with Crippen LogP contribution in [0.25, 0.3) is 10.9 Å². The highest BCUT2D eigenvalue weighted by atomic mass is 16.3. The van der Waals surface area contributed by atoms with Gasteiger partial charge in [-0.2, -0.15) is 0 Å². The monoisotopic (exact) mass is 362 g/mol. The summed E-state index contributed by atoms with van der Waals surface area (Å²) in [6, 6.07) is 13.5. The average Bonchev–Trinajstić information content (AvgIpc) is 3.07. The lowest BCUT2D eigenvalue weighted by Gasteiger charge is -2.29. The van der Waals surface area contributed by atoms with E-state index >= 15 is 0 Å². The molecule has 0 bridgehead atoms. The Morgan fingerprint density at radius 3 is 2.78 bits per heavy atom. The zero-order valence-electron chi connectivity index (χ0n) is 15.4. The minimum Gasteiger partial charge on any atom is -0.508 e. The largest absolute Gasteiger partial charge is 0.508 e. The third kappa shape index (κ3) is 4.01. The minimum absolute atomic E-state index is 0.302. The van der Waals surface area contributed by atoms with Crippen molar-refractivity contribution in [3.63, 3.8) is 0 Å². The Morgan fingerprint density at radius 1 is 1.00 bits per heavy atom. The number of aromatic amines is 1. The third-order valence-corrected chi connectivity index (χ3v) is 5.49. The van der Waals surface area contributed by atoms with Crippen molar-refractivity contribution < 1.29 is 10.2 Å². The molecule has 27 heavy (non-hydrogen) atoms. The molecule has 0 aliphatic carbocycles. The van der Waals surface area contributed by atoms with Crippen molar-refractivity contribution in [1.29, 1.82) is 0 Å². The Hall–Kier alpha value is -2.72. The lowest BCUT2D eigenvalue weighted by Crippen LogP contribution is -2.37. The van der Waals surface area contributed by atoms with E-state index in [4.69, 9.17) is 0 Å². The van der Waals surface area contributed by atoms with Gasteiger partial charge in [0, 0.05) is 35.6 Å². The molecular formula is C23H26N2O2. The molecule has 4 nitrogen and oxygen atoms in total. The second-order valence-corrected chi connectivity index (χ2v) is 7.35. The average molecular weight is 362 g/mol. The van der Waals surface area contributed by atoms with E-state index in [9.17, 15) is 10.2 Å². The van der Waals surface area contributed by atoms with Crippen LogP contribution in [0.1, 0.15) is 36.3 Å². The Labute approximate surface area is 159 Å². The van der Waals surface area contributed by atoms with Crippen molar-refractivity contribution in [3.8, 4) is 11.5 Å². The number of hydrogen-bond acceptors (Lipinski definition) is 3. The van der Waals surface area contributed by atoms with Crippen molar-refractivity contribution in [2.24, 2.45) is 0 Å². The summed E-state index contributed by atoms with van der Waals surface area (Å²) < 4.78 is 0. The molecule has 1 aliphatic rings. The smallest absolute Gasteiger partial charge is 0.116 e. The van der Waals surface area contributed by atoms with Crippen molar-refractivity contribution in [2.45, 2.75) is 37.6 Å². The van der Waals surface area contributed by atoms with E-state index in [1.54, 1.807) is 12.1 Å². The normalized spacial score (nSPS) is 19.6. The Kier molecular flexibility index (Phi) is 5.16. The first kappa shape index (κ1) is 17.7. The van der Waals surface area contributed by atoms with Gasteiger partial charge >= 0.3 is 0 Å². The highest BCUT2D eigenvalue weighted by molar-refractivity contribution is 5.84. The van der Waals surface area contributed by atoms with Crippen LogP contribution in [-0.2, 0) is 6.42 Å². The molecule has 0 saturated carbocycles. The number of fused-ring (bicyclic) bond motifs is 1. The summed E-state index contributed by atoms with van der Waals surface area (Å²) in [4.78, 5) is 3.28. The van der Waals surface area contributed by atoms with E-state index in [1.165, 1.54) is 5.56 Å². The summed E-state index contributed by atoms with van der Waals surface area (Å²) in [5.74, 6) is 0.944. The molecule has 4 rings (SSSR count). The Balaban J connectivity index is 1.36. The van der Waals surface area contributed by atoms with Crippen LogP contribution in [0.15, 0.2) is 60.8 Å². The number of aromatic hydroxyl groups is 2. The molecule has 3 aromatic rings. The van der Waals surface area contributed by atoms with Gasteiger partial charge in [-0.15, -0.1) is 0 Å². The lowest BCUT2D eigenvalue weighted by molar-refractivity contribution is 0.430. The van der Waals surface area contributed by atoms with E-state index in [1.807, 2.05) is 24.3 Å². The fourth-order valence-corrected chi connectivity index (χ4v) is 4.11. The predicted octanol–water partition coefficient (Wildman–Crippen LogP) is 4.60. The third-order valence-electron chi connectivity index (χ3n) is 5.49. The predicted molar refractivity (Wildman–Crippen MR) is 109 cm³/mol. The SMILES string of the molecule is Oc1cccc(C2C=CCNC2CCCCc2c[nH]c3ccc(O)cc23)c1. The summed E-state index contributed by atoms with van der Waals surface area (Å²) >= 11 is 0. The maximum Gasteiger partial charge on any atom is 0.116 e. The number of phenols is 2. The Morgan fingerprint density at radius 2 is 1.89 bits per heavy atom. The number of aryl methyl sites for hydroxylation is 1. The molecule has 0 amide bonds. The van der Waals surface area contributed by atoms with E-state index in [-0.39, 0.29) is 0 Å². The summed E-state index contributed by atoms with van der Waals surface area (Å²) in [6.45, 7) is 0.904. The Bertz CT molecular complexity index is 944. The van der Waals surface area contributed by atoms with Crippen LogP contribution in [0.4, 0.5) is 0 Å². The number of unbranched alkanes of at least 4 members (excludes halogenated alkanes) is 1. The van der Waals surface area contributed by atoms with E-state index < -0.39 is 0 Å². The number of phenolic OH excluding ortho intramolecular Hbond substituents is 2. The van der Waals surface area contributed by atoms with Crippen LogP contribution in [0.3, 0.4) is 0 Å². The summed E-state index contributed by atoms with van der Waals surface area (Å²) in [7, 11) is 0. The molecule has 0 radical (unpaired) electrons. The highest BCUT2D eigenvalue weighted by Crippen LogP contribution is 2.29. The summed E-state index contributed by atoms with van der Waals surface area (Å²) in [5, 5.41) is 24.2. The summed E-state index contributed by atoms with van der Waals surface area (Å²) in [5.41, 5.74) is 3.50. The number of hydrogen-bond donors (Lipinski definition) is 4. The van der Waals surface area contributed by atoms with Crippen LogP contribution < -0.4 is 5.32 Å². The molecule has 140 valence electrons. The molecule has 0 saturated heterocycles. The molecule has 1 aliphatic heterocycles. The first-order valence-electron chi connectivity index (χ1n) is 9.68. The number of benzene rings is 2. The van der Waals surface area contributed by atoms with E-state index in [2.05, 4.69) is 34.7 Å². The lowest BCUT2D eigenvalue weighted by atomic mass is 9.86. The van der Waals surface area contributed by atoms with Gasteiger partial charge in [-0.25, -0.2) is 0 Å². The van der Waals surface area contributed by atoms with Gasteiger partial charge < -0.3 is 20.5 Å². The van der Waals surface area contributed by atoms with Crippen molar-refractivity contribution in [2.75, 3.05) is 6.54 Å². The van der Waals surface area contributed by atoms with Crippen LogP contribution in [0, 0.1) is 0 Å². The zero-order valence-corrected chi connectivity index (χ0v) is 15.4. The quantitative estimate of drug-likeness (QED) is 0.382. The molecule has 4 N–H and O–H groups in total. The maximum absolute atomic E-state index is 9.79. The van der Waals surface area contributed by atoms with E-state index in [0.29, 0.717) is 23.5 Å². The van der Waals surface area contributed by atoms with Gasteiger partial charge in [-0.05, 0) is 60.7 Å². The molecular weight excluding hydrogens is 336 g/mol. The number of nitrogens with one attached hydrogen (secondary N) is 2. The second kappa shape index (κ2) is 7.89. The second-order valence-electron chi connectivity index (χ2n) is 7.35. The van der Waals surface area contributed by atoms with Gasteiger partial charge in [-0.3, -0.25) is 0 Å². The molecule has 2 heterocycles. The molecule has 2 atom stereocenters. The van der Waals surface area contributed by atoms with Gasteiger partial charge in [0.15, 0.2) is 0 Å². The molecule has 0 fully saturated rings. The van der Waals surface area contributed by atoms with Crippen molar-refractivity contribution in [3.05, 3.63) is 71.9 Å². The summed E-state index contributed by atoms with van der Waals surface area (Å²) in [6.07, 6.45) is 10.8. The topological polar surface area (TPSA) is 68.3 Å².